The molecule has 0 N–H and O–H groups in total. The standard InChI is InChI=1S/C34H49NO8/c1-8-41-32(39)24(18-35)22-13-14-33(5)23(15-22)16-28(42-20(3)36)31-26-11-10-25(19(2)9-12-30(38)40-7)34(26,6)29(17-27(31)33)43-21(4)37/h19,23,25-29,31H,8-17H2,1-7H3/b24-22-/t19-,23+,25-,26+,27+,28-,29+,31+,33+,34-/m1/s1. The van der Waals surface area contributed by atoms with Crippen molar-refractivity contribution in [3.63, 3.8) is 0 Å². The van der Waals surface area contributed by atoms with Crippen LogP contribution in [-0.2, 0) is 38.1 Å². The Hall–Kier alpha value is -2.89. The number of methoxy groups -OCH3 is 1. The van der Waals surface area contributed by atoms with Crippen molar-refractivity contribution in [3.8, 4) is 6.07 Å². The Bertz CT molecular complexity index is 1190. The van der Waals surface area contributed by atoms with E-state index in [-0.39, 0.29) is 88.6 Å². The van der Waals surface area contributed by atoms with Crippen LogP contribution < -0.4 is 0 Å². The molecule has 4 rings (SSSR count). The van der Waals surface area contributed by atoms with E-state index in [0.717, 1.165) is 24.8 Å². The SMILES string of the molecule is CCOC(=O)/C(C#N)=C1/CC[C@@]2(C)[C@@H](C1)C[C@@H](OC(C)=O)[C@@H]1[C@@H]2C[C@H](OC(C)=O)[C@]2(C)[C@@H]([C@H](C)CCC(=O)OC)CC[C@@H]12. The van der Waals surface area contributed by atoms with Gasteiger partial charge in [0.1, 0.15) is 23.9 Å². The van der Waals surface area contributed by atoms with Gasteiger partial charge in [-0.05, 0) is 98.9 Å². The lowest BCUT2D eigenvalue weighted by Gasteiger charge is -2.64. The predicted molar refractivity (Wildman–Crippen MR) is 157 cm³/mol. The number of allylic oxidation sites excluding steroid dienone is 1. The molecule has 0 amide bonds. The fraction of sp³-hybridized carbons (Fsp3) is 0.794. The summed E-state index contributed by atoms with van der Waals surface area (Å²) in [7, 11) is 1.41. The van der Waals surface area contributed by atoms with Crippen LogP contribution in [0.15, 0.2) is 11.1 Å². The van der Waals surface area contributed by atoms with Crippen molar-refractivity contribution >= 4 is 23.9 Å². The van der Waals surface area contributed by atoms with Crippen molar-refractivity contribution in [2.45, 2.75) is 112 Å². The van der Waals surface area contributed by atoms with Crippen molar-refractivity contribution in [1.82, 2.24) is 0 Å². The summed E-state index contributed by atoms with van der Waals surface area (Å²) in [6.45, 7) is 11.6. The molecule has 4 aliphatic carbocycles. The number of hydrogen-bond acceptors (Lipinski definition) is 9. The Morgan fingerprint density at radius 2 is 1.74 bits per heavy atom. The van der Waals surface area contributed by atoms with Gasteiger partial charge in [0, 0.05) is 31.6 Å². The molecule has 9 heteroatoms. The number of carbonyl (C=O) groups is 4. The normalized spacial score (nSPS) is 38.2. The molecule has 0 bridgehead atoms. The first-order valence-electron chi connectivity index (χ1n) is 16.0. The number of esters is 4. The van der Waals surface area contributed by atoms with E-state index < -0.39 is 5.97 Å². The van der Waals surface area contributed by atoms with Gasteiger partial charge in [0.15, 0.2) is 0 Å². The van der Waals surface area contributed by atoms with Crippen LogP contribution in [0.5, 0.6) is 0 Å². The van der Waals surface area contributed by atoms with E-state index in [1.165, 1.54) is 21.0 Å². The summed E-state index contributed by atoms with van der Waals surface area (Å²) < 4.78 is 22.4. The highest BCUT2D eigenvalue weighted by Crippen LogP contribution is 2.69. The van der Waals surface area contributed by atoms with Crippen LogP contribution in [0.1, 0.15) is 99.3 Å². The lowest BCUT2D eigenvalue weighted by atomic mass is 9.42. The molecule has 0 aromatic rings. The van der Waals surface area contributed by atoms with E-state index >= 15 is 0 Å². The highest BCUT2D eigenvalue weighted by Gasteiger charge is 2.67. The van der Waals surface area contributed by atoms with E-state index in [2.05, 4.69) is 26.8 Å². The maximum absolute atomic E-state index is 12.6. The van der Waals surface area contributed by atoms with Crippen molar-refractivity contribution < 1.29 is 38.1 Å². The van der Waals surface area contributed by atoms with E-state index in [1.807, 2.05) is 0 Å². The van der Waals surface area contributed by atoms with Gasteiger partial charge in [0.2, 0.25) is 0 Å². The number of rotatable bonds is 8. The number of ether oxygens (including phenoxy) is 4. The van der Waals surface area contributed by atoms with Crippen LogP contribution in [0.4, 0.5) is 0 Å². The quantitative estimate of drug-likeness (QED) is 0.149. The third kappa shape index (κ3) is 6.08. The molecule has 10 atom stereocenters. The summed E-state index contributed by atoms with van der Waals surface area (Å²) in [5.74, 6) is -0.441. The number of hydrogen-bond donors (Lipinski definition) is 0. The molecule has 9 nitrogen and oxygen atoms in total. The molecule has 0 aromatic carbocycles. The van der Waals surface area contributed by atoms with Crippen molar-refractivity contribution in [3.05, 3.63) is 11.1 Å². The van der Waals surface area contributed by atoms with E-state index in [4.69, 9.17) is 18.9 Å². The molecule has 0 aliphatic heterocycles. The average Bonchev–Trinajstić information content (AvgIpc) is 3.30. The Labute approximate surface area is 256 Å². The highest BCUT2D eigenvalue weighted by molar-refractivity contribution is 5.93. The molecule has 4 aliphatic rings. The Kier molecular flexibility index (Phi) is 9.98. The molecule has 0 heterocycles. The van der Waals surface area contributed by atoms with E-state index in [0.29, 0.717) is 38.5 Å². The summed E-state index contributed by atoms with van der Waals surface area (Å²) in [6, 6.07) is 2.10. The van der Waals surface area contributed by atoms with Gasteiger partial charge in [-0.3, -0.25) is 14.4 Å². The van der Waals surface area contributed by atoms with Crippen molar-refractivity contribution in [1.29, 1.82) is 5.26 Å². The van der Waals surface area contributed by atoms with Crippen molar-refractivity contribution in [2.75, 3.05) is 13.7 Å². The summed E-state index contributed by atoms with van der Waals surface area (Å²) in [4.78, 5) is 49.6. The molecule has 4 saturated carbocycles. The zero-order valence-corrected chi connectivity index (χ0v) is 26.9. The second-order valence-electron chi connectivity index (χ2n) is 13.9. The minimum absolute atomic E-state index is 0.0955. The average molecular weight is 600 g/mol. The summed E-state index contributed by atoms with van der Waals surface area (Å²) in [6.07, 6.45) is 5.66. The second-order valence-corrected chi connectivity index (χ2v) is 13.9. The number of nitriles is 1. The largest absolute Gasteiger partial charge is 0.469 e. The van der Waals surface area contributed by atoms with Gasteiger partial charge in [-0.2, -0.15) is 5.26 Å². The van der Waals surface area contributed by atoms with Crippen LogP contribution in [-0.4, -0.2) is 49.8 Å². The van der Waals surface area contributed by atoms with Gasteiger partial charge in [-0.1, -0.05) is 20.8 Å². The molecular formula is C34H49NO8. The minimum Gasteiger partial charge on any atom is -0.469 e. The molecule has 0 saturated heterocycles. The summed E-state index contributed by atoms with van der Waals surface area (Å²) in [5, 5.41) is 9.84. The van der Waals surface area contributed by atoms with Crippen LogP contribution >= 0.6 is 0 Å². The first kappa shape index (κ1) is 33.0. The Balaban J connectivity index is 1.73. The Morgan fingerprint density at radius 1 is 1.05 bits per heavy atom. The molecule has 43 heavy (non-hydrogen) atoms. The summed E-state index contributed by atoms with van der Waals surface area (Å²) >= 11 is 0. The van der Waals surface area contributed by atoms with Crippen LogP contribution in [0.3, 0.4) is 0 Å². The van der Waals surface area contributed by atoms with Gasteiger partial charge in [-0.15, -0.1) is 0 Å². The van der Waals surface area contributed by atoms with Crippen LogP contribution in [0.2, 0.25) is 0 Å². The van der Waals surface area contributed by atoms with Gasteiger partial charge in [0.25, 0.3) is 0 Å². The molecule has 0 aromatic heterocycles. The predicted octanol–water partition coefficient (Wildman–Crippen LogP) is 5.70. The molecule has 4 fully saturated rings. The van der Waals surface area contributed by atoms with Gasteiger partial charge in [-0.25, -0.2) is 4.79 Å². The zero-order valence-electron chi connectivity index (χ0n) is 26.9. The van der Waals surface area contributed by atoms with Crippen LogP contribution in [0, 0.1) is 57.7 Å². The van der Waals surface area contributed by atoms with Crippen molar-refractivity contribution in [2.24, 2.45) is 46.3 Å². The number of carbonyl (C=O) groups excluding carboxylic acids is 4. The maximum atomic E-state index is 12.6. The van der Waals surface area contributed by atoms with E-state index in [9.17, 15) is 24.4 Å². The van der Waals surface area contributed by atoms with Gasteiger partial charge in [0.05, 0.1) is 13.7 Å². The summed E-state index contributed by atoms with van der Waals surface area (Å²) in [5.41, 5.74) is 0.445. The number of nitrogens with zero attached hydrogens (tertiary/aromatic N) is 1. The van der Waals surface area contributed by atoms with Crippen LogP contribution in [0.25, 0.3) is 0 Å². The highest BCUT2D eigenvalue weighted by atomic mass is 16.6. The zero-order chi connectivity index (χ0) is 31.7. The Morgan fingerprint density at radius 3 is 2.35 bits per heavy atom. The number of fused-ring (bicyclic) bond motifs is 5. The molecule has 238 valence electrons. The van der Waals surface area contributed by atoms with E-state index in [1.54, 1.807) is 6.92 Å². The lowest BCUT2D eigenvalue weighted by Crippen LogP contribution is -2.63. The smallest absolute Gasteiger partial charge is 0.348 e. The first-order chi connectivity index (χ1) is 20.3. The fourth-order valence-corrected chi connectivity index (χ4v) is 9.99. The minimum atomic E-state index is -0.574. The third-order valence-corrected chi connectivity index (χ3v) is 12.0. The van der Waals surface area contributed by atoms with Gasteiger partial charge >= 0.3 is 23.9 Å². The first-order valence-corrected chi connectivity index (χ1v) is 16.0. The second kappa shape index (κ2) is 13.0. The molecular weight excluding hydrogens is 550 g/mol. The fourth-order valence-electron chi connectivity index (χ4n) is 9.99. The van der Waals surface area contributed by atoms with Gasteiger partial charge < -0.3 is 18.9 Å². The molecule has 0 radical (unpaired) electrons. The maximum Gasteiger partial charge on any atom is 0.348 e. The monoisotopic (exact) mass is 599 g/mol. The third-order valence-electron chi connectivity index (χ3n) is 12.0. The topological polar surface area (TPSA) is 129 Å². The molecule has 0 spiro atoms. The molecule has 0 unspecified atom stereocenters. The lowest BCUT2D eigenvalue weighted by molar-refractivity contribution is -0.218.